The van der Waals surface area contributed by atoms with Gasteiger partial charge in [0, 0.05) is 40.8 Å². The highest BCUT2D eigenvalue weighted by Crippen LogP contribution is 2.34. The van der Waals surface area contributed by atoms with E-state index >= 15 is 0 Å². The molecule has 4 rings (SSSR count). The maximum Gasteiger partial charge on any atom is 0.0603 e. The predicted molar refractivity (Wildman–Crippen MR) is 125 cm³/mol. The molecule has 2 nitrogen and oxygen atoms in total. The quantitative estimate of drug-likeness (QED) is 0.376. The van der Waals surface area contributed by atoms with Crippen LogP contribution in [0.2, 0.25) is 10.0 Å². The van der Waals surface area contributed by atoms with Gasteiger partial charge in [-0.1, -0.05) is 47.8 Å². The van der Waals surface area contributed by atoms with Crippen LogP contribution in [0.4, 0.5) is 0 Å². The van der Waals surface area contributed by atoms with Crippen molar-refractivity contribution < 1.29 is 0 Å². The molecule has 0 saturated carbocycles. The molecule has 0 N–H and O–H groups in total. The van der Waals surface area contributed by atoms with Crippen molar-refractivity contribution >= 4 is 58.3 Å². The molecule has 3 aromatic rings. The van der Waals surface area contributed by atoms with Crippen LogP contribution in [0.5, 0.6) is 0 Å². The molecule has 0 unspecified atom stereocenters. The summed E-state index contributed by atoms with van der Waals surface area (Å²) in [7, 11) is 2.19. The molecule has 0 spiro atoms. The summed E-state index contributed by atoms with van der Waals surface area (Å²) in [5.74, 6) is 0.923. The predicted octanol–water partition coefficient (Wildman–Crippen LogP) is 7.19. The highest BCUT2D eigenvalue weighted by atomic mass is 35.5. The largest absolute Gasteiger partial charge is 0.347 e. The number of para-hydroxylation sites is 1. The number of rotatable bonds is 5. The minimum atomic E-state index is 0. The zero-order chi connectivity index (χ0) is 18.8. The molecule has 0 aliphatic carbocycles. The number of benzene rings is 2. The summed E-state index contributed by atoms with van der Waals surface area (Å²) >= 11 is 14.1. The molecular weight excluding hydrogens is 431 g/mol. The minimum absolute atomic E-state index is 0. The number of piperidine rings is 1. The van der Waals surface area contributed by atoms with Crippen LogP contribution in [-0.4, -0.2) is 22.6 Å². The van der Waals surface area contributed by atoms with Crippen LogP contribution in [-0.2, 0) is 19.3 Å². The van der Waals surface area contributed by atoms with E-state index in [0.29, 0.717) is 10.0 Å². The highest BCUT2D eigenvalue weighted by molar-refractivity contribution is 7.98. The Kier molecular flexibility index (Phi) is 7.63. The lowest BCUT2D eigenvalue weighted by atomic mass is 10.1. The number of hydrogen-bond donors (Lipinski definition) is 0. The standard InChI is InChI=1S/C22H24Cl2N2S.ClH/c1-25-21-8-4-3-7-17(21)18(14-26-11-5-2-6-12-26)22(25)15-27-16-9-10-19(23)20(24)13-16;/h3-4,7-10,13H,2,5-6,11-12,14-15H2,1H3;1H. The van der Waals surface area contributed by atoms with E-state index in [2.05, 4.69) is 40.8 Å². The van der Waals surface area contributed by atoms with Crippen LogP contribution >= 0.6 is 47.4 Å². The Morgan fingerprint density at radius 3 is 2.46 bits per heavy atom. The van der Waals surface area contributed by atoms with Gasteiger partial charge in [0.2, 0.25) is 0 Å². The van der Waals surface area contributed by atoms with Crippen molar-refractivity contribution in [3.05, 3.63) is 63.8 Å². The first-order valence-electron chi connectivity index (χ1n) is 9.49. The molecule has 1 aromatic heterocycles. The summed E-state index contributed by atoms with van der Waals surface area (Å²) < 4.78 is 2.36. The van der Waals surface area contributed by atoms with Gasteiger partial charge in [0.1, 0.15) is 0 Å². The number of aryl methyl sites for hydroxylation is 1. The van der Waals surface area contributed by atoms with Gasteiger partial charge in [-0.25, -0.2) is 0 Å². The molecule has 1 aliphatic rings. The summed E-state index contributed by atoms with van der Waals surface area (Å²) in [6.45, 7) is 3.46. The molecule has 150 valence electrons. The van der Waals surface area contributed by atoms with E-state index in [0.717, 1.165) is 17.2 Å². The van der Waals surface area contributed by atoms with Crippen LogP contribution in [0.25, 0.3) is 10.9 Å². The molecule has 0 bridgehead atoms. The van der Waals surface area contributed by atoms with Crippen LogP contribution < -0.4 is 0 Å². The fourth-order valence-electron chi connectivity index (χ4n) is 3.94. The van der Waals surface area contributed by atoms with Gasteiger partial charge >= 0.3 is 0 Å². The lowest BCUT2D eigenvalue weighted by molar-refractivity contribution is 0.221. The second-order valence-corrected chi connectivity index (χ2v) is 9.07. The van der Waals surface area contributed by atoms with Crippen LogP contribution in [0.1, 0.15) is 30.5 Å². The van der Waals surface area contributed by atoms with Gasteiger partial charge in [-0.3, -0.25) is 4.90 Å². The molecule has 0 atom stereocenters. The Bertz CT molecular complexity index is 948. The summed E-state index contributed by atoms with van der Waals surface area (Å²) in [5.41, 5.74) is 4.19. The SMILES string of the molecule is Cl.Cn1c(CSc2ccc(Cl)c(Cl)c2)c(CN2CCCCC2)c2ccccc21. The van der Waals surface area contributed by atoms with Crippen LogP contribution in [0.3, 0.4) is 0 Å². The molecule has 28 heavy (non-hydrogen) atoms. The third kappa shape index (κ3) is 4.66. The van der Waals surface area contributed by atoms with Gasteiger partial charge in [0.15, 0.2) is 0 Å². The zero-order valence-electron chi connectivity index (χ0n) is 16.0. The fourth-order valence-corrected chi connectivity index (χ4v) is 5.34. The van der Waals surface area contributed by atoms with E-state index in [1.807, 2.05) is 30.0 Å². The molecule has 1 aliphatic heterocycles. The first-order valence-corrected chi connectivity index (χ1v) is 11.2. The molecule has 0 amide bonds. The van der Waals surface area contributed by atoms with Crippen molar-refractivity contribution in [3.63, 3.8) is 0 Å². The molecule has 6 heteroatoms. The molecular formula is C22H25Cl3N2S. The Balaban J connectivity index is 0.00000225. The molecule has 1 saturated heterocycles. The normalized spacial score (nSPS) is 15.0. The van der Waals surface area contributed by atoms with E-state index in [4.69, 9.17) is 23.2 Å². The maximum atomic E-state index is 6.19. The monoisotopic (exact) mass is 454 g/mol. The maximum absolute atomic E-state index is 6.19. The third-order valence-corrected chi connectivity index (χ3v) is 7.18. The van der Waals surface area contributed by atoms with E-state index in [-0.39, 0.29) is 12.4 Å². The Morgan fingerprint density at radius 2 is 1.71 bits per heavy atom. The summed E-state index contributed by atoms with van der Waals surface area (Å²) in [6.07, 6.45) is 4.00. The highest BCUT2D eigenvalue weighted by Gasteiger charge is 2.19. The van der Waals surface area contributed by atoms with Crippen LogP contribution in [0.15, 0.2) is 47.4 Å². The van der Waals surface area contributed by atoms with Crippen molar-refractivity contribution in [1.82, 2.24) is 9.47 Å². The van der Waals surface area contributed by atoms with E-state index in [9.17, 15) is 0 Å². The number of nitrogens with zero attached hydrogens (tertiary/aromatic N) is 2. The number of thioether (sulfide) groups is 1. The van der Waals surface area contributed by atoms with Gasteiger partial charge in [-0.15, -0.1) is 24.2 Å². The number of halogens is 3. The zero-order valence-corrected chi connectivity index (χ0v) is 19.1. The van der Waals surface area contributed by atoms with E-state index < -0.39 is 0 Å². The van der Waals surface area contributed by atoms with E-state index in [1.54, 1.807) is 0 Å². The van der Waals surface area contributed by atoms with Gasteiger partial charge in [0.05, 0.1) is 10.0 Å². The lowest BCUT2D eigenvalue weighted by Gasteiger charge is -2.26. The van der Waals surface area contributed by atoms with Crippen molar-refractivity contribution in [2.24, 2.45) is 7.05 Å². The Hall–Kier alpha value is -0.840. The van der Waals surface area contributed by atoms with Gasteiger partial charge in [-0.05, 0) is 55.8 Å². The molecule has 2 heterocycles. The average Bonchev–Trinajstić information content (AvgIpc) is 2.95. The summed E-state index contributed by atoms with van der Waals surface area (Å²) in [5, 5.41) is 2.61. The second kappa shape index (κ2) is 9.77. The topological polar surface area (TPSA) is 8.17 Å². The molecule has 0 radical (unpaired) electrons. The Morgan fingerprint density at radius 1 is 0.964 bits per heavy atom. The first-order chi connectivity index (χ1) is 13.1. The third-order valence-electron chi connectivity index (χ3n) is 5.44. The average molecular weight is 456 g/mol. The molecule has 2 aromatic carbocycles. The second-order valence-electron chi connectivity index (χ2n) is 7.20. The summed E-state index contributed by atoms with van der Waals surface area (Å²) in [4.78, 5) is 3.76. The van der Waals surface area contributed by atoms with E-state index in [1.165, 1.54) is 54.5 Å². The van der Waals surface area contributed by atoms with Crippen molar-refractivity contribution in [1.29, 1.82) is 0 Å². The van der Waals surface area contributed by atoms with Gasteiger partial charge < -0.3 is 4.57 Å². The first kappa shape index (κ1) is 21.9. The van der Waals surface area contributed by atoms with Crippen molar-refractivity contribution in [2.75, 3.05) is 13.1 Å². The summed E-state index contributed by atoms with van der Waals surface area (Å²) in [6, 6.07) is 14.7. The van der Waals surface area contributed by atoms with Crippen molar-refractivity contribution in [3.8, 4) is 0 Å². The minimum Gasteiger partial charge on any atom is -0.347 e. The lowest BCUT2D eigenvalue weighted by Crippen LogP contribution is -2.29. The van der Waals surface area contributed by atoms with Crippen LogP contribution in [0, 0.1) is 0 Å². The number of hydrogen-bond acceptors (Lipinski definition) is 2. The fraction of sp³-hybridized carbons (Fsp3) is 0.364. The number of fused-ring (bicyclic) bond motifs is 1. The number of likely N-dealkylation sites (tertiary alicyclic amines) is 1. The number of aromatic nitrogens is 1. The smallest absolute Gasteiger partial charge is 0.0603 e. The van der Waals surface area contributed by atoms with Gasteiger partial charge in [0.25, 0.3) is 0 Å². The Labute approximate surface area is 187 Å². The van der Waals surface area contributed by atoms with Crippen molar-refractivity contribution in [2.45, 2.75) is 36.5 Å². The molecule has 1 fully saturated rings. The van der Waals surface area contributed by atoms with Gasteiger partial charge in [-0.2, -0.15) is 0 Å².